The van der Waals surface area contributed by atoms with Gasteiger partial charge in [0.2, 0.25) is 17.7 Å². The standard InChI is InChI=1S/C41H58N6O4/c1-26(2)21-36(44(5)6)40(50)46-19-9-11-34(46)38(48)24-28-13-18-32-30(23-28)25-33(43-32)29-14-16-31(17-15-29)42-39(49)35-12-10-20-47(35)41(51)37(45(7)8)22-27(3)4/h13-18,23,25-27,34-37,43H,9-12,19-22,24H2,1-8H3,(H,42,49)/t34-,35-,36+,37+/m0/s1. The Bertz CT molecular complexity index is 1690. The van der Waals surface area contributed by atoms with Gasteiger partial charge in [0.15, 0.2) is 5.78 Å². The van der Waals surface area contributed by atoms with E-state index in [-0.39, 0.29) is 48.1 Å². The van der Waals surface area contributed by atoms with E-state index in [4.69, 9.17) is 0 Å². The number of amides is 3. The van der Waals surface area contributed by atoms with E-state index in [0.29, 0.717) is 43.5 Å². The monoisotopic (exact) mass is 698 g/mol. The molecule has 2 N–H and O–H groups in total. The number of fused-ring (bicyclic) bond motifs is 1. The van der Waals surface area contributed by atoms with E-state index in [1.165, 1.54) is 0 Å². The van der Waals surface area contributed by atoms with E-state index in [1.54, 1.807) is 4.90 Å². The maximum atomic E-state index is 13.6. The molecule has 1 aromatic heterocycles. The molecular weight excluding hydrogens is 640 g/mol. The van der Waals surface area contributed by atoms with E-state index < -0.39 is 6.04 Å². The minimum atomic E-state index is -0.473. The number of hydrogen-bond acceptors (Lipinski definition) is 6. The van der Waals surface area contributed by atoms with Gasteiger partial charge in [0, 0.05) is 41.8 Å². The lowest BCUT2D eigenvalue weighted by Crippen LogP contribution is -2.51. The van der Waals surface area contributed by atoms with Gasteiger partial charge in [0.25, 0.3) is 0 Å². The van der Waals surface area contributed by atoms with Crippen molar-refractivity contribution in [3.05, 3.63) is 54.1 Å². The first-order valence-corrected chi connectivity index (χ1v) is 18.7. The average molecular weight is 699 g/mol. The first-order valence-electron chi connectivity index (χ1n) is 18.7. The quantitative estimate of drug-likeness (QED) is 0.220. The van der Waals surface area contributed by atoms with Crippen LogP contribution in [0.3, 0.4) is 0 Å². The van der Waals surface area contributed by atoms with Crippen LogP contribution in [0.15, 0.2) is 48.5 Å². The number of H-pyrrole nitrogens is 1. The zero-order valence-corrected chi connectivity index (χ0v) is 31.9. The second-order valence-corrected chi connectivity index (χ2v) is 15.9. The predicted octanol–water partition coefficient (Wildman–Crippen LogP) is 5.82. The molecule has 3 heterocycles. The lowest BCUT2D eigenvalue weighted by molar-refractivity contribution is -0.141. The number of hydrogen-bond donors (Lipinski definition) is 2. The molecule has 0 saturated carbocycles. The Balaban J connectivity index is 1.22. The highest BCUT2D eigenvalue weighted by atomic mass is 16.2. The van der Waals surface area contributed by atoms with Crippen LogP contribution in [0, 0.1) is 11.8 Å². The summed E-state index contributed by atoms with van der Waals surface area (Å²) in [6, 6.07) is 14.5. The molecule has 2 aromatic carbocycles. The van der Waals surface area contributed by atoms with Gasteiger partial charge in [-0.05, 0) is 120 Å². The summed E-state index contributed by atoms with van der Waals surface area (Å²) >= 11 is 0. The van der Waals surface area contributed by atoms with Gasteiger partial charge in [-0.15, -0.1) is 0 Å². The van der Waals surface area contributed by atoms with Crippen LogP contribution in [0.5, 0.6) is 0 Å². The molecule has 2 saturated heterocycles. The van der Waals surface area contributed by atoms with Crippen LogP contribution < -0.4 is 5.32 Å². The molecule has 0 bridgehead atoms. The number of ketones is 1. The van der Waals surface area contributed by atoms with E-state index >= 15 is 0 Å². The molecule has 2 aliphatic rings. The normalized spacial score (nSPS) is 19.1. The number of nitrogens with zero attached hydrogens (tertiary/aromatic N) is 4. The highest BCUT2D eigenvalue weighted by Crippen LogP contribution is 2.29. The Hall–Kier alpha value is -4.02. The van der Waals surface area contributed by atoms with Gasteiger partial charge in [0.1, 0.15) is 6.04 Å². The molecule has 10 heteroatoms. The van der Waals surface area contributed by atoms with Crippen molar-refractivity contribution in [3.63, 3.8) is 0 Å². The second-order valence-electron chi connectivity index (χ2n) is 15.9. The van der Waals surface area contributed by atoms with Crippen molar-refractivity contribution in [1.29, 1.82) is 0 Å². The Kier molecular flexibility index (Phi) is 12.4. The number of benzene rings is 2. The molecule has 0 radical (unpaired) electrons. The van der Waals surface area contributed by atoms with Crippen LogP contribution in [0.25, 0.3) is 22.2 Å². The van der Waals surface area contributed by atoms with Crippen LogP contribution >= 0.6 is 0 Å². The van der Waals surface area contributed by atoms with E-state index in [9.17, 15) is 19.2 Å². The van der Waals surface area contributed by atoms with Gasteiger partial charge in [-0.25, -0.2) is 0 Å². The molecule has 276 valence electrons. The molecular formula is C41H58N6O4. The maximum absolute atomic E-state index is 13.6. The Morgan fingerprint density at radius 1 is 0.765 bits per heavy atom. The number of carbonyl (C=O) groups excluding carboxylic acids is 4. The maximum Gasteiger partial charge on any atom is 0.247 e. The number of carbonyl (C=O) groups is 4. The van der Waals surface area contributed by atoms with E-state index in [1.807, 2.05) is 79.3 Å². The van der Waals surface area contributed by atoms with E-state index in [0.717, 1.165) is 53.4 Å². The fourth-order valence-corrected chi connectivity index (χ4v) is 7.73. The number of aromatic nitrogens is 1. The fraction of sp³-hybridized carbons (Fsp3) is 0.561. The summed E-state index contributed by atoms with van der Waals surface area (Å²) in [5.74, 6) is 0.790. The van der Waals surface area contributed by atoms with E-state index in [2.05, 4.69) is 50.1 Å². The molecule has 2 aliphatic heterocycles. The molecule has 10 nitrogen and oxygen atoms in total. The average Bonchev–Trinajstić information content (AvgIpc) is 3.85. The summed E-state index contributed by atoms with van der Waals surface area (Å²) in [5, 5.41) is 4.06. The molecule has 0 aliphatic carbocycles. The van der Waals surface area contributed by atoms with Crippen LogP contribution in [0.2, 0.25) is 0 Å². The van der Waals surface area contributed by atoms with Gasteiger partial charge >= 0.3 is 0 Å². The molecule has 0 unspecified atom stereocenters. The van der Waals surface area contributed by atoms with Crippen LogP contribution in [0.4, 0.5) is 5.69 Å². The number of nitrogens with one attached hydrogen (secondary N) is 2. The van der Waals surface area contributed by atoms with Crippen LogP contribution in [0.1, 0.15) is 71.8 Å². The van der Waals surface area contributed by atoms with Crippen LogP contribution in [-0.4, -0.2) is 114 Å². The van der Waals surface area contributed by atoms with Crippen molar-refractivity contribution < 1.29 is 19.2 Å². The topological polar surface area (TPSA) is 109 Å². The number of Topliss-reactive ketones (excluding diaryl/α,β-unsaturated/α-hetero) is 1. The number of anilines is 1. The van der Waals surface area contributed by atoms with Gasteiger partial charge in [-0.3, -0.25) is 29.0 Å². The highest BCUT2D eigenvalue weighted by Gasteiger charge is 2.39. The SMILES string of the molecule is CC(C)C[C@H](C(=O)N1CCC[C@H]1C(=O)Cc1ccc2[nH]c(-c3ccc(NC(=O)[C@@H]4CCCN4C(=O)[C@@H](CC(C)C)N(C)C)cc3)cc2c1)N(C)C. The lowest BCUT2D eigenvalue weighted by atomic mass is 9.98. The summed E-state index contributed by atoms with van der Waals surface area (Å²) in [4.78, 5) is 65.0. The summed E-state index contributed by atoms with van der Waals surface area (Å²) < 4.78 is 0. The third-order valence-corrected chi connectivity index (χ3v) is 10.5. The zero-order chi connectivity index (χ0) is 37.0. The minimum Gasteiger partial charge on any atom is -0.355 e. The minimum absolute atomic E-state index is 0.0267. The molecule has 4 atom stereocenters. The predicted molar refractivity (Wildman–Crippen MR) is 204 cm³/mol. The number of aromatic amines is 1. The molecule has 2 fully saturated rings. The third-order valence-electron chi connectivity index (χ3n) is 10.5. The lowest BCUT2D eigenvalue weighted by Gasteiger charge is -2.32. The largest absolute Gasteiger partial charge is 0.355 e. The zero-order valence-electron chi connectivity index (χ0n) is 31.9. The number of likely N-dealkylation sites (tertiary alicyclic amines) is 2. The van der Waals surface area contributed by atoms with Crippen molar-refractivity contribution in [1.82, 2.24) is 24.6 Å². The van der Waals surface area contributed by atoms with Gasteiger partial charge < -0.3 is 20.1 Å². The number of likely N-dealkylation sites (N-methyl/N-ethyl adjacent to an activating group) is 2. The molecule has 3 aromatic rings. The Morgan fingerprint density at radius 3 is 1.86 bits per heavy atom. The molecule has 51 heavy (non-hydrogen) atoms. The summed E-state index contributed by atoms with van der Waals surface area (Å²) in [7, 11) is 7.73. The van der Waals surface area contributed by atoms with Crippen molar-refractivity contribution in [2.75, 3.05) is 46.6 Å². The molecule has 3 amide bonds. The molecule has 5 rings (SSSR count). The Labute approximate surface area is 303 Å². The smallest absolute Gasteiger partial charge is 0.247 e. The van der Waals surface area contributed by atoms with Crippen molar-refractivity contribution >= 4 is 40.1 Å². The van der Waals surface area contributed by atoms with Gasteiger partial charge in [0.05, 0.1) is 18.1 Å². The van der Waals surface area contributed by atoms with Gasteiger partial charge in [-0.2, -0.15) is 0 Å². The molecule has 0 spiro atoms. The fourth-order valence-electron chi connectivity index (χ4n) is 7.73. The first kappa shape index (κ1) is 38.2. The van der Waals surface area contributed by atoms with Crippen molar-refractivity contribution in [3.8, 4) is 11.3 Å². The summed E-state index contributed by atoms with van der Waals surface area (Å²) in [5.41, 5.74) is 4.50. The third kappa shape index (κ3) is 9.08. The Morgan fingerprint density at radius 2 is 1.31 bits per heavy atom. The van der Waals surface area contributed by atoms with Crippen molar-refractivity contribution in [2.45, 2.75) is 96.8 Å². The highest BCUT2D eigenvalue weighted by molar-refractivity contribution is 5.98. The van der Waals surface area contributed by atoms with Gasteiger partial charge in [-0.1, -0.05) is 45.9 Å². The van der Waals surface area contributed by atoms with Crippen molar-refractivity contribution in [2.24, 2.45) is 11.8 Å². The summed E-state index contributed by atoms with van der Waals surface area (Å²) in [6.07, 6.45) is 4.84. The number of rotatable bonds is 14. The summed E-state index contributed by atoms with van der Waals surface area (Å²) in [6.45, 7) is 9.71. The van der Waals surface area contributed by atoms with Crippen LogP contribution in [-0.2, 0) is 25.6 Å². The second kappa shape index (κ2) is 16.5. The first-order chi connectivity index (χ1) is 24.2.